The van der Waals surface area contributed by atoms with Gasteiger partial charge in [0.25, 0.3) is 0 Å². The van der Waals surface area contributed by atoms with Crippen LogP contribution in [0.3, 0.4) is 0 Å². The van der Waals surface area contributed by atoms with Crippen LogP contribution in [0.2, 0.25) is 0 Å². The highest BCUT2D eigenvalue weighted by Gasteiger charge is 2.73. The summed E-state index contributed by atoms with van der Waals surface area (Å²) in [6.45, 7) is 12.8. The van der Waals surface area contributed by atoms with Gasteiger partial charge < -0.3 is 72.5 Å². The molecule has 4 aliphatic carbocycles. The minimum Gasteiger partial charge on any atom is -0.463 e. The zero-order valence-electron chi connectivity index (χ0n) is 41.3. The van der Waals surface area contributed by atoms with E-state index in [4.69, 9.17) is 52.1 Å². The molecule has 17 nitrogen and oxygen atoms in total. The SMILES string of the molecule is CO[C@@H]1C(O)[C@H](O[C@@H]2C(C)O[C@@H](O[C@@H]3C(C)O[C@@H](O[C@H]4CC[C@@]5(C)C(=C[C@@H](O)C6C5C[C@@H](OC(=O)c5ccccc5)[C@]5(C)[C@@H](C(C)OC(C)=O)CC[C@]65O)C4)C[C@H]3OC)C[C@H]2OC)OC(C)[C@H]1O. The molecule has 1 aromatic carbocycles. The molecule has 17 heteroatoms. The Kier molecular flexibility index (Phi) is 15.6. The molecular formula is C51H76O17. The second kappa shape index (κ2) is 20.5. The highest BCUT2D eigenvalue weighted by molar-refractivity contribution is 5.89. The Hall–Kier alpha value is -2.62. The smallest absolute Gasteiger partial charge is 0.338 e. The van der Waals surface area contributed by atoms with E-state index >= 15 is 0 Å². The lowest BCUT2D eigenvalue weighted by Gasteiger charge is -2.64. The van der Waals surface area contributed by atoms with E-state index in [9.17, 15) is 30.0 Å². The number of carbonyl (C=O) groups excluding carboxylic acids is 2. The standard InChI is InChI=1S/C51H76O17/c1-25(61-29(5)52)33-17-19-51(57)41-34(22-38(50(33,51)7)66-47(56)30-14-12-11-13-15-30)49(6)18-16-32(20-31(49)21-35(41)53)65-39-23-36(58-8)44(27(3)62-39)67-40-24-37(59-9)45(28(4)63-40)68-48-43(55)46(60-10)42(54)26(2)64-48/h11-15,21,25-28,32-46,48,53-55,57H,16-20,22-24H2,1-10H3/t25?,26?,27?,28?,32-,33+,34?,35+,36+,37+,38+,39-,40-,41?,42+,43?,44+,45+,46-,48-,49-,50-,51-/m0/s1. The maximum absolute atomic E-state index is 13.8. The van der Waals surface area contributed by atoms with Gasteiger partial charge in [-0.1, -0.05) is 43.7 Å². The zero-order chi connectivity index (χ0) is 49.0. The van der Waals surface area contributed by atoms with Crippen LogP contribution < -0.4 is 0 Å². The van der Waals surface area contributed by atoms with Gasteiger partial charge in [0, 0.05) is 58.3 Å². The van der Waals surface area contributed by atoms with E-state index in [1.165, 1.54) is 14.0 Å². The predicted molar refractivity (Wildman–Crippen MR) is 242 cm³/mol. The molecule has 3 saturated heterocycles. The predicted octanol–water partition coefficient (Wildman–Crippen LogP) is 4.38. The van der Waals surface area contributed by atoms with Crippen LogP contribution in [-0.2, 0) is 56.9 Å². The molecule has 7 aliphatic rings. The molecule has 0 radical (unpaired) electrons. The van der Waals surface area contributed by atoms with Crippen LogP contribution in [-0.4, -0.2) is 164 Å². The molecule has 1 aromatic rings. The van der Waals surface area contributed by atoms with Crippen molar-refractivity contribution in [2.75, 3.05) is 21.3 Å². The molecule has 4 N–H and O–H groups in total. The Labute approximate surface area is 400 Å². The van der Waals surface area contributed by atoms with Crippen LogP contribution in [0.4, 0.5) is 0 Å². The van der Waals surface area contributed by atoms with Crippen LogP contribution in [0.5, 0.6) is 0 Å². The number of carbonyl (C=O) groups is 2. The van der Waals surface area contributed by atoms with Crippen molar-refractivity contribution in [3.8, 4) is 0 Å². The van der Waals surface area contributed by atoms with E-state index in [0.29, 0.717) is 56.9 Å². The number of hydrogen-bond donors (Lipinski definition) is 4. The summed E-state index contributed by atoms with van der Waals surface area (Å²) in [5, 5.41) is 46.7. The molecule has 23 atom stereocenters. The van der Waals surface area contributed by atoms with Gasteiger partial charge in [-0.2, -0.15) is 0 Å². The molecular weight excluding hydrogens is 885 g/mol. The van der Waals surface area contributed by atoms with E-state index < -0.39 is 133 Å². The van der Waals surface area contributed by atoms with Crippen molar-refractivity contribution in [2.24, 2.45) is 28.6 Å². The largest absolute Gasteiger partial charge is 0.463 e. The van der Waals surface area contributed by atoms with Crippen molar-refractivity contribution in [3.63, 3.8) is 0 Å². The molecule has 3 heterocycles. The van der Waals surface area contributed by atoms with Crippen LogP contribution in [0.1, 0.15) is 110 Å². The van der Waals surface area contributed by atoms with Gasteiger partial charge in [-0.15, -0.1) is 0 Å². The fourth-order valence-electron chi connectivity index (χ4n) is 13.7. The average Bonchev–Trinajstić information content (AvgIpc) is 3.59. The molecule has 6 fully saturated rings. The average molecular weight is 961 g/mol. The molecule has 7 unspecified atom stereocenters. The van der Waals surface area contributed by atoms with E-state index in [0.717, 1.165) is 5.57 Å². The third kappa shape index (κ3) is 9.35. The fourth-order valence-corrected chi connectivity index (χ4v) is 13.7. The molecule has 0 bridgehead atoms. The Balaban J connectivity index is 0.928. The molecule has 8 rings (SSSR count). The molecule has 68 heavy (non-hydrogen) atoms. The first-order valence-electron chi connectivity index (χ1n) is 24.7. The van der Waals surface area contributed by atoms with E-state index in [-0.39, 0.29) is 17.9 Å². The minimum atomic E-state index is -1.43. The third-order valence-corrected chi connectivity index (χ3v) is 17.4. The van der Waals surface area contributed by atoms with Gasteiger partial charge >= 0.3 is 11.9 Å². The van der Waals surface area contributed by atoms with Gasteiger partial charge in [0.15, 0.2) is 18.9 Å². The molecule has 0 aromatic heterocycles. The Bertz CT molecular complexity index is 1940. The number of rotatable bonds is 13. The molecule has 3 aliphatic heterocycles. The number of esters is 2. The molecule has 0 spiro atoms. The molecule has 382 valence electrons. The van der Waals surface area contributed by atoms with Crippen LogP contribution in [0.25, 0.3) is 0 Å². The Morgan fingerprint density at radius 3 is 2.01 bits per heavy atom. The highest BCUT2D eigenvalue weighted by Crippen LogP contribution is 2.69. The lowest BCUT2D eigenvalue weighted by Crippen LogP contribution is -2.69. The van der Waals surface area contributed by atoms with E-state index in [1.807, 2.05) is 39.8 Å². The van der Waals surface area contributed by atoms with E-state index in [1.54, 1.807) is 45.4 Å². The first-order chi connectivity index (χ1) is 32.3. The lowest BCUT2D eigenvalue weighted by molar-refractivity contribution is -0.352. The summed E-state index contributed by atoms with van der Waals surface area (Å²) in [4.78, 5) is 26.0. The fraction of sp³-hybridized carbons (Fsp3) is 0.804. The summed E-state index contributed by atoms with van der Waals surface area (Å²) >= 11 is 0. The number of hydrogen-bond acceptors (Lipinski definition) is 17. The highest BCUT2D eigenvalue weighted by atomic mass is 16.8. The first-order valence-corrected chi connectivity index (χ1v) is 24.7. The number of fused-ring (bicyclic) bond motifs is 5. The van der Waals surface area contributed by atoms with Crippen molar-refractivity contribution in [3.05, 3.63) is 47.5 Å². The van der Waals surface area contributed by atoms with Crippen molar-refractivity contribution < 1.29 is 82.1 Å². The van der Waals surface area contributed by atoms with Crippen LogP contribution in [0.15, 0.2) is 42.0 Å². The van der Waals surface area contributed by atoms with Gasteiger partial charge in [0.2, 0.25) is 0 Å². The number of ether oxygens (including phenoxy) is 11. The number of aliphatic hydroxyl groups is 4. The zero-order valence-corrected chi connectivity index (χ0v) is 41.3. The monoisotopic (exact) mass is 961 g/mol. The Morgan fingerprint density at radius 1 is 0.765 bits per heavy atom. The topological polar surface area (TPSA) is 217 Å². The summed E-state index contributed by atoms with van der Waals surface area (Å²) < 4.78 is 67.8. The quantitative estimate of drug-likeness (QED) is 0.159. The molecule has 0 amide bonds. The van der Waals surface area contributed by atoms with Gasteiger partial charge in [0.1, 0.15) is 42.7 Å². The van der Waals surface area contributed by atoms with Gasteiger partial charge in [-0.05, 0) is 89.7 Å². The maximum atomic E-state index is 13.8. The van der Waals surface area contributed by atoms with Crippen molar-refractivity contribution in [1.82, 2.24) is 0 Å². The van der Waals surface area contributed by atoms with E-state index in [2.05, 4.69) is 6.92 Å². The summed E-state index contributed by atoms with van der Waals surface area (Å²) in [6.07, 6.45) is -5.75. The minimum absolute atomic E-state index is 0.228. The van der Waals surface area contributed by atoms with Gasteiger partial charge in [-0.3, -0.25) is 4.79 Å². The molecule has 3 saturated carbocycles. The summed E-state index contributed by atoms with van der Waals surface area (Å²) in [5.41, 5.74) is -1.44. The second-order valence-corrected chi connectivity index (χ2v) is 21.0. The first kappa shape index (κ1) is 51.7. The lowest BCUT2D eigenvalue weighted by atomic mass is 9.44. The summed E-state index contributed by atoms with van der Waals surface area (Å²) in [7, 11) is 4.63. The number of benzene rings is 1. The number of methoxy groups -OCH3 is 3. The maximum Gasteiger partial charge on any atom is 0.338 e. The van der Waals surface area contributed by atoms with Crippen molar-refractivity contribution in [1.29, 1.82) is 0 Å². The van der Waals surface area contributed by atoms with Crippen molar-refractivity contribution >= 4 is 11.9 Å². The van der Waals surface area contributed by atoms with Crippen LogP contribution >= 0.6 is 0 Å². The summed E-state index contributed by atoms with van der Waals surface area (Å²) in [6, 6.07) is 8.84. The van der Waals surface area contributed by atoms with Crippen molar-refractivity contribution in [2.45, 2.75) is 210 Å². The number of aliphatic hydroxyl groups excluding tert-OH is 3. The normalized spacial score (nSPS) is 47.4. The van der Waals surface area contributed by atoms with Gasteiger partial charge in [-0.25, -0.2) is 4.79 Å². The third-order valence-electron chi connectivity index (χ3n) is 17.4. The van der Waals surface area contributed by atoms with Gasteiger partial charge in [0.05, 0.1) is 53.9 Å². The summed E-state index contributed by atoms with van der Waals surface area (Å²) in [5.74, 6) is -2.00. The van der Waals surface area contributed by atoms with Crippen LogP contribution in [0, 0.1) is 28.6 Å². The Morgan fingerprint density at radius 2 is 1.40 bits per heavy atom. The second-order valence-electron chi connectivity index (χ2n) is 21.0.